The second-order valence-electron chi connectivity index (χ2n) is 7.24. The molecule has 29 heavy (non-hydrogen) atoms. The molecule has 0 radical (unpaired) electrons. The summed E-state index contributed by atoms with van der Waals surface area (Å²) in [4.78, 5) is 28.3. The van der Waals surface area contributed by atoms with E-state index in [4.69, 9.17) is 17.0 Å². The second kappa shape index (κ2) is 11.1. The van der Waals surface area contributed by atoms with Crippen LogP contribution in [0.4, 0.5) is 0 Å². The van der Waals surface area contributed by atoms with Gasteiger partial charge in [0.1, 0.15) is 11.3 Å². The first-order chi connectivity index (χ1) is 14.0. The number of hydrogen-bond donors (Lipinski definition) is 0. The SMILES string of the molecule is CCCCC(CC)COc1ccc(C=C2C(=O)N(CC)C(=S)N(CC)C2=O)cc1. The van der Waals surface area contributed by atoms with E-state index in [0.717, 1.165) is 17.7 Å². The highest BCUT2D eigenvalue weighted by Crippen LogP contribution is 2.22. The molecule has 0 bridgehead atoms. The quantitative estimate of drug-likeness (QED) is 0.316. The van der Waals surface area contributed by atoms with Crippen LogP contribution in [0.5, 0.6) is 5.75 Å². The van der Waals surface area contributed by atoms with E-state index >= 15 is 0 Å². The van der Waals surface area contributed by atoms with Gasteiger partial charge in [0.25, 0.3) is 11.8 Å². The van der Waals surface area contributed by atoms with E-state index in [-0.39, 0.29) is 22.5 Å². The van der Waals surface area contributed by atoms with Crippen LogP contribution in [0.2, 0.25) is 0 Å². The van der Waals surface area contributed by atoms with Gasteiger partial charge in [-0.1, -0.05) is 45.2 Å². The molecular formula is C23H32N2O3S. The molecule has 1 unspecified atom stereocenters. The molecule has 2 amide bonds. The first-order valence-corrected chi connectivity index (χ1v) is 11.0. The van der Waals surface area contributed by atoms with Crippen LogP contribution in [0, 0.1) is 5.92 Å². The van der Waals surface area contributed by atoms with Gasteiger partial charge in [-0.05, 0) is 62.2 Å². The lowest BCUT2D eigenvalue weighted by Gasteiger charge is -2.35. The Hall–Kier alpha value is -2.21. The Morgan fingerprint density at radius 1 is 1.00 bits per heavy atom. The highest BCUT2D eigenvalue weighted by molar-refractivity contribution is 7.80. The van der Waals surface area contributed by atoms with Gasteiger partial charge in [-0.2, -0.15) is 0 Å². The van der Waals surface area contributed by atoms with Gasteiger partial charge in [0.05, 0.1) is 6.61 Å². The highest BCUT2D eigenvalue weighted by Gasteiger charge is 2.37. The third-order valence-electron chi connectivity index (χ3n) is 5.27. The lowest BCUT2D eigenvalue weighted by molar-refractivity contribution is -0.133. The fraction of sp³-hybridized carbons (Fsp3) is 0.522. The minimum atomic E-state index is -0.339. The largest absolute Gasteiger partial charge is 0.493 e. The van der Waals surface area contributed by atoms with E-state index < -0.39 is 0 Å². The maximum absolute atomic E-state index is 12.7. The number of likely N-dealkylation sites (N-methyl/N-ethyl adjacent to an activating group) is 2. The predicted octanol–water partition coefficient (Wildman–Crippen LogP) is 4.66. The van der Waals surface area contributed by atoms with Crippen molar-refractivity contribution in [1.29, 1.82) is 0 Å². The van der Waals surface area contributed by atoms with Crippen molar-refractivity contribution in [1.82, 2.24) is 9.80 Å². The third kappa shape index (κ3) is 5.66. The van der Waals surface area contributed by atoms with Gasteiger partial charge < -0.3 is 4.74 Å². The maximum atomic E-state index is 12.7. The molecule has 1 atom stereocenters. The van der Waals surface area contributed by atoms with Crippen molar-refractivity contribution < 1.29 is 14.3 Å². The monoisotopic (exact) mass is 416 g/mol. The van der Waals surface area contributed by atoms with Crippen LogP contribution in [-0.4, -0.2) is 46.4 Å². The van der Waals surface area contributed by atoms with Crippen LogP contribution in [0.1, 0.15) is 58.9 Å². The molecule has 2 rings (SSSR count). The van der Waals surface area contributed by atoms with Crippen LogP contribution >= 0.6 is 12.2 Å². The van der Waals surface area contributed by atoms with Crippen molar-refractivity contribution in [3.05, 3.63) is 35.4 Å². The molecule has 0 N–H and O–H groups in total. The smallest absolute Gasteiger partial charge is 0.265 e. The summed E-state index contributed by atoms with van der Waals surface area (Å²) in [6.07, 6.45) is 6.36. The summed E-state index contributed by atoms with van der Waals surface area (Å²) < 4.78 is 5.94. The third-order valence-corrected chi connectivity index (χ3v) is 5.71. The highest BCUT2D eigenvalue weighted by atomic mass is 32.1. The van der Waals surface area contributed by atoms with E-state index in [1.807, 2.05) is 38.1 Å². The number of unbranched alkanes of at least 4 members (excludes halogenated alkanes) is 1. The number of hydrogen-bond acceptors (Lipinski definition) is 4. The molecular weight excluding hydrogens is 384 g/mol. The molecule has 6 heteroatoms. The van der Waals surface area contributed by atoms with E-state index in [9.17, 15) is 9.59 Å². The number of thiocarbonyl (C=S) groups is 1. The van der Waals surface area contributed by atoms with Gasteiger partial charge in [-0.3, -0.25) is 19.4 Å². The summed E-state index contributed by atoms with van der Waals surface area (Å²) in [7, 11) is 0. The predicted molar refractivity (Wildman–Crippen MR) is 121 cm³/mol. The number of carbonyl (C=O) groups is 2. The molecule has 5 nitrogen and oxygen atoms in total. The topological polar surface area (TPSA) is 49.9 Å². The number of nitrogens with zero attached hydrogens (tertiary/aromatic N) is 2. The standard InChI is InChI=1S/C23H32N2O3S/c1-5-9-10-17(6-2)16-28-19-13-11-18(12-14-19)15-20-21(26)24(7-3)23(29)25(8-4)22(20)27/h11-15,17H,5-10,16H2,1-4H3. The number of benzene rings is 1. The summed E-state index contributed by atoms with van der Waals surface area (Å²) in [5, 5.41) is 0.277. The first-order valence-electron chi connectivity index (χ1n) is 10.6. The minimum Gasteiger partial charge on any atom is -0.493 e. The summed E-state index contributed by atoms with van der Waals surface area (Å²) in [5.74, 6) is 0.691. The van der Waals surface area contributed by atoms with Crippen LogP contribution in [-0.2, 0) is 9.59 Å². The minimum absolute atomic E-state index is 0.140. The van der Waals surface area contributed by atoms with Crippen LogP contribution < -0.4 is 4.74 Å². The summed E-state index contributed by atoms with van der Waals surface area (Å²) in [5.41, 5.74) is 0.925. The molecule has 1 aromatic carbocycles. The second-order valence-corrected chi connectivity index (χ2v) is 7.60. The van der Waals surface area contributed by atoms with Crippen molar-refractivity contribution >= 4 is 35.2 Å². The molecule has 0 aromatic heterocycles. The van der Waals surface area contributed by atoms with E-state index in [1.165, 1.54) is 29.1 Å². The lowest BCUT2D eigenvalue weighted by atomic mass is 10.0. The molecule has 158 valence electrons. The summed E-state index contributed by atoms with van der Waals surface area (Å²) >= 11 is 5.29. The van der Waals surface area contributed by atoms with Crippen molar-refractivity contribution in [2.75, 3.05) is 19.7 Å². The van der Waals surface area contributed by atoms with E-state index in [1.54, 1.807) is 6.08 Å². The molecule has 1 fully saturated rings. The molecule has 1 aliphatic heterocycles. The van der Waals surface area contributed by atoms with Gasteiger partial charge in [-0.15, -0.1) is 0 Å². The summed E-state index contributed by atoms with van der Waals surface area (Å²) in [6, 6.07) is 7.51. The Balaban J connectivity index is 2.12. The van der Waals surface area contributed by atoms with Crippen molar-refractivity contribution in [2.45, 2.75) is 53.4 Å². The van der Waals surface area contributed by atoms with Crippen molar-refractivity contribution in [3.63, 3.8) is 0 Å². The molecule has 1 aromatic rings. The zero-order valence-electron chi connectivity index (χ0n) is 17.9. The molecule has 1 saturated heterocycles. The maximum Gasteiger partial charge on any atom is 0.265 e. The number of amides is 2. The van der Waals surface area contributed by atoms with E-state index in [0.29, 0.717) is 25.6 Å². The van der Waals surface area contributed by atoms with E-state index in [2.05, 4.69) is 13.8 Å². The fourth-order valence-electron chi connectivity index (χ4n) is 3.32. The van der Waals surface area contributed by atoms with Crippen molar-refractivity contribution in [3.8, 4) is 5.75 Å². The molecule has 0 spiro atoms. The van der Waals surface area contributed by atoms with Gasteiger partial charge in [0.15, 0.2) is 5.11 Å². The average Bonchev–Trinajstić information content (AvgIpc) is 2.73. The van der Waals surface area contributed by atoms with Gasteiger partial charge in [0, 0.05) is 13.1 Å². The zero-order chi connectivity index (χ0) is 21.4. The fourth-order valence-corrected chi connectivity index (χ4v) is 3.75. The first kappa shape index (κ1) is 23.1. The Labute approximate surface area is 179 Å². The number of rotatable bonds is 10. The Bertz CT molecular complexity index is 730. The summed E-state index contributed by atoms with van der Waals surface area (Å²) in [6.45, 7) is 9.67. The molecule has 0 saturated carbocycles. The molecule has 0 aliphatic carbocycles. The van der Waals surface area contributed by atoms with Crippen LogP contribution in [0.25, 0.3) is 6.08 Å². The van der Waals surface area contributed by atoms with Gasteiger partial charge >= 0.3 is 0 Å². The Kier molecular flexibility index (Phi) is 8.83. The lowest BCUT2D eigenvalue weighted by Crippen LogP contribution is -2.55. The van der Waals surface area contributed by atoms with Crippen LogP contribution in [0.3, 0.4) is 0 Å². The molecule has 1 heterocycles. The zero-order valence-corrected chi connectivity index (χ0v) is 18.8. The number of carbonyl (C=O) groups excluding carboxylic acids is 2. The number of ether oxygens (including phenoxy) is 1. The van der Waals surface area contributed by atoms with Gasteiger partial charge in [0.2, 0.25) is 0 Å². The van der Waals surface area contributed by atoms with Crippen LogP contribution in [0.15, 0.2) is 29.8 Å². The Morgan fingerprint density at radius 2 is 1.59 bits per heavy atom. The van der Waals surface area contributed by atoms with Crippen molar-refractivity contribution in [2.24, 2.45) is 5.92 Å². The van der Waals surface area contributed by atoms with Gasteiger partial charge in [-0.25, -0.2) is 0 Å². The average molecular weight is 417 g/mol. The Morgan fingerprint density at radius 3 is 2.07 bits per heavy atom. The molecule has 1 aliphatic rings. The normalized spacial score (nSPS) is 15.7.